The number of benzene rings is 1. The average molecular weight is 290 g/mol. The lowest BCUT2D eigenvalue weighted by atomic mass is 9.75. The number of hydrogen-bond donors (Lipinski definition) is 1. The van der Waals surface area contributed by atoms with Gasteiger partial charge in [-0.25, -0.2) is 0 Å². The second-order valence-electron chi connectivity index (χ2n) is 6.70. The molecule has 0 spiro atoms. The van der Waals surface area contributed by atoms with Crippen LogP contribution in [0.1, 0.15) is 45.6 Å². The van der Waals surface area contributed by atoms with E-state index in [0.29, 0.717) is 11.8 Å². The topological polar surface area (TPSA) is 46.5 Å². The smallest absolute Gasteiger partial charge is 0.307 e. The van der Waals surface area contributed by atoms with Crippen LogP contribution in [0.5, 0.6) is 5.75 Å². The van der Waals surface area contributed by atoms with Crippen LogP contribution in [0.25, 0.3) is 0 Å². The van der Waals surface area contributed by atoms with Gasteiger partial charge in [0.05, 0.1) is 6.42 Å². The van der Waals surface area contributed by atoms with Crippen LogP contribution in [0.3, 0.4) is 0 Å². The number of carboxylic acids is 1. The molecule has 3 atom stereocenters. The van der Waals surface area contributed by atoms with Gasteiger partial charge in [0.1, 0.15) is 11.9 Å². The van der Waals surface area contributed by atoms with Gasteiger partial charge in [0, 0.05) is 0 Å². The van der Waals surface area contributed by atoms with Crippen LogP contribution in [0.15, 0.2) is 24.3 Å². The summed E-state index contributed by atoms with van der Waals surface area (Å²) in [5, 5.41) is 8.79. The molecule has 1 aliphatic rings. The predicted octanol–water partition coefficient (Wildman–Crippen LogP) is 4.15. The Hall–Kier alpha value is -1.51. The number of ether oxygens (including phenoxy) is 1. The minimum absolute atomic E-state index is 0.0648. The first-order valence-electron chi connectivity index (χ1n) is 7.93. The molecule has 21 heavy (non-hydrogen) atoms. The van der Waals surface area contributed by atoms with Crippen molar-refractivity contribution >= 4 is 5.97 Å². The summed E-state index contributed by atoms with van der Waals surface area (Å²) < 4.78 is 6.21. The van der Waals surface area contributed by atoms with E-state index in [4.69, 9.17) is 9.84 Å². The monoisotopic (exact) mass is 290 g/mol. The van der Waals surface area contributed by atoms with Gasteiger partial charge in [0.2, 0.25) is 0 Å². The van der Waals surface area contributed by atoms with Gasteiger partial charge in [0.25, 0.3) is 0 Å². The molecule has 0 saturated heterocycles. The molecule has 0 aliphatic heterocycles. The Morgan fingerprint density at radius 3 is 2.52 bits per heavy atom. The van der Waals surface area contributed by atoms with Crippen molar-refractivity contribution in [3.8, 4) is 5.75 Å². The van der Waals surface area contributed by atoms with E-state index in [-0.39, 0.29) is 12.5 Å². The van der Waals surface area contributed by atoms with Gasteiger partial charge < -0.3 is 9.84 Å². The lowest BCUT2D eigenvalue weighted by Gasteiger charge is -2.37. The molecule has 0 heterocycles. The van der Waals surface area contributed by atoms with Crippen LogP contribution in [0.2, 0.25) is 0 Å². The van der Waals surface area contributed by atoms with Gasteiger partial charge in [-0.3, -0.25) is 4.79 Å². The summed E-state index contributed by atoms with van der Waals surface area (Å²) in [6.45, 7) is 6.84. The second kappa shape index (κ2) is 6.97. The fourth-order valence-corrected chi connectivity index (χ4v) is 3.29. The van der Waals surface area contributed by atoms with Crippen LogP contribution in [-0.4, -0.2) is 17.2 Å². The van der Waals surface area contributed by atoms with E-state index in [9.17, 15) is 4.79 Å². The van der Waals surface area contributed by atoms with Crippen molar-refractivity contribution in [1.29, 1.82) is 0 Å². The highest BCUT2D eigenvalue weighted by Gasteiger charge is 2.32. The molecule has 1 aliphatic carbocycles. The largest absolute Gasteiger partial charge is 0.490 e. The molecule has 0 amide bonds. The molecule has 2 rings (SSSR count). The lowest BCUT2D eigenvalue weighted by Crippen LogP contribution is -2.36. The van der Waals surface area contributed by atoms with E-state index in [2.05, 4.69) is 20.8 Å². The number of carboxylic acid groups (broad SMARTS) is 1. The summed E-state index contributed by atoms with van der Waals surface area (Å²) in [5.74, 6) is 2.02. The average Bonchev–Trinajstić information content (AvgIpc) is 2.40. The molecule has 3 nitrogen and oxygen atoms in total. The molecule has 0 aromatic heterocycles. The van der Waals surface area contributed by atoms with Gasteiger partial charge in [-0.2, -0.15) is 0 Å². The minimum Gasteiger partial charge on any atom is -0.490 e. The summed E-state index contributed by atoms with van der Waals surface area (Å²) >= 11 is 0. The fraction of sp³-hybridized carbons (Fsp3) is 0.611. The van der Waals surface area contributed by atoms with Crippen LogP contribution >= 0.6 is 0 Å². The molecule has 3 unspecified atom stereocenters. The first-order valence-corrected chi connectivity index (χ1v) is 7.93. The number of aliphatic carboxylic acids is 1. The maximum atomic E-state index is 10.7. The highest BCUT2D eigenvalue weighted by Crippen LogP contribution is 2.35. The summed E-state index contributed by atoms with van der Waals surface area (Å²) in [6.07, 6.45) is 3.98. The Bertz CT molecular complexity index is 464. The van der Waals surface area contributed by atoms with Crippen molar-refractivity contribution in [2.24, 2.45) is 17.8 Å². The standard InChI is InChI=1S/C18H26O3/c1-12(2)16-9-4-13(3)10-17(16)21-15-7-5-14(6-8-15)11-18(19)20/h5-8,12-13,16-17H,4,9-11H2,1-3H3,(H,19,20). The van der Waals surface area contributed by atoms with Crippen molar-refractivity contribution < 1.29 is 14.6 Å². The van der Waals surface area contributed by atoms with Crippen LogP contribution in [0.4, 0.5) is 0 Å². The molecule has 3 heteroatoms. The van der Waals surface area contributed by atoms with Crippen LogP contribution < -0.4 is 4.74 Å². The fourth-order valence-electron chi connectivity index (χ4n) is 3.29. The van der Waals surface area contributed by atoms with Gasteiger partial charge in [-0.05, 0) is 48.3 Å². The van der Waals surface area contributed by atoms with Crippen LogP contribution in [0, 0.1) is 17.8 Å². The van der Waals surface area contributed by atoms with Gasteiger partial charge in [-0.15, -0.1) is 0 Å². The van der Waals surface area contributed by atoms with Crippen molar-refractivity contribution in [2.75, 3.05) is 0 Å². The molecule has 1 aromatic carbocycles. The van der Waals surface area contributed by atoms with E-state index in [1.54, 1.807) is 0 Å². The maximum absolute atomic E-state index is 10.7. The number of carbonyl (C=O) groups is 1. The van der Waals surface area contributed by atoms with E-state index in [1.165, 1.54) is 12.8 Å². The first-order chi connectivity index (χ1) is 9.95. The van der Waals surface area contributed by atoms with Crippen molar-refractivity contribution in [1.82, 2.24) is 0 Å². The van der Waals surface area contributed by atoms with Crippen LogP contribution in [-0.2, 0) is 11.2 Å². The van der Waals surface area contributed by atoms with E-state index in [0.717, 1.165) is 23.7 Å². The Morgan fingerprint density at radius 2 is 1.95 bits per heavy atom. The summed E-state index contributed by atoms with van der Waals surface area (Å²) in [4.78, 5) is 10.7. The summed E-state index contributed by atoms with van der Waals surface area (Å²) in [7, 11) is 0. The zero-order valence-corrected chi connectivity index (χ0v) is 13.2. The zero-order valence-electron chi connectivity index (χ0n) is 13.2. The molecule has 1 fully saturated rings. The Labute approximate surface area is 127 Å². The third-order valence-electron chi connectivity index (χ3n) is 4.53. The predicted molar refractivity (Wildman–Crippen MR) is 83.5 cm³/mol. The Kier molecular flexibility index (Phi) is 5.27. The highest BCUT2D eigenvalue weighted by atomic mass is 16.5. The number of rotatable bonds is 5. The molecular weight excluding hydrogens is 264 g/mol. The molecular formula is C18H26O3. The second-order valence-corrected chi connectivity index (χ2v) is 6.70. The van der Waals surface area contributed by atoms with Crippen molar-refractivity contribution in [3.63, 3.8) is 0 Å². The first kappa shape index (κ1) is 15.9. The number of hydrogen-bond acceptors (Lipinski definition) is 2. The van der Waals surface area contributed by atoms with E-state index < -0.39 is 5.97 Å². The lowest BCUT2D eigenvalue weighted by molar-refractivity contribution is -0.136. The molecule has 0 bridgehead atoms. The summed E-state index contributed by atoms with van der Waals surface area (Å²) in [6, 6.07) is 7.49. The van der Waals surface area contributed by atoms with Gasteiger partial charge >= 0.3 is 5.97 Å². The quantitative estimate of drug-likeness (QED) is 0.886. The zero-order chi connectivity index (χ0) is 15.4. The van der Waals surface area contributed by atoms with Gasteiger partial charge in [0.15, 0.2) is 0 Å². The Morgan fingerprint density at radius 1 is 1.29 bits per heavy atom. The normalized spacial score (nSPS) is 25.8. The van der Waals surface area contributed by atoms with Gasteiger partial charge in [-0.1, -0.05) is 39.3 Å². The summed E-state index contributed by atoms with van der Waals surface area (Å²) in [5.41, 5.74) is 0.812. The molecule has 1 saturated carbocycles. The SMILES string of the molecule is CC1CCC(C(C)C)C(Oc2ccc(CC(=O)O)cc2)C1. The molecule has 116 valence electrons. The molecule has 1 aromatic rings. The maximum Gasteiger partial charge on any atom is 0.307 e. The third-order valence-corrected chi connectivity index (χ3v) is 4.53. The molecule has 1 N–H and O–H groups in total. The Balaban J connectivity index is 2.02. The molecule has 0 radical (unpaired) electrons. The van der Waals surface area contributed by atoms with E-state index in [1.807, 2.05) is 24.3 Å². The van der Waals surface area contributed by atoms with Crippen molar-refractivity contribution in [2.45, 2.75) is 52.6 Å². The van der Waals surface area contributed by atoms with E-state index >= 15 is 0 Å². The highest BCUT2D eigenvalue weighted by molar-refractivity contribution is 5.70. The minimum atomic E-state index is -0.801. The third kappa shape index (κ3) is 4.48. The van der Waals surface area contributed by atoms with Crippen molar-refractivity contribution in [3.05, 3.63) is 29.8 Å².